The average molecular weight is 219 g/mol. The van der Waals surface area contributed by atoms with E-state index >= 15 is 0 Å². The van der Waals surface area contributed by atoms with Crippen LogP contribution in [0.3, 0.4) is 0 Å². The molecule has 1 aromatic rings. The lowest BCUT2D eigenvalue weighted by molar-refractivity contribution is -0.400. The molecule has 1 saturated heterocycles. The number of nitrogens with zero attached hydrogens (tertiary/aromatic N) is 3. The highest BCUT2D eigenvalue weighted by Crippen LogP contribution is 2.22. The Morgan fingerprint density at radius 1 is 1.44 bits per heavy atom. The lowest BCUT2D eigenvalue weighted by Gasteiger charge is -2.17. The predicted molar refractivity (Wildman–Crippen MR) is 61.7 cm³/mol. The molecule has 0 aromatic carbocycles. The van der Waals surface area contributed by atoms with Gasteiger partial charge in [-0.05, 0) is 25.0 Å². The van der Waals surface area contributed by atoms with Crippen LogP contribution in [0.15, 0.2) is 24.5 Å². The van der Waals surface area contributed by atoms with Gasteiger partial charge in [-0.25, -0.2) is 4.98 Å². The first kappa shape index (κ1) is 10.6. The molecule has 0 saturated carbocycles. The van der Waals surface area contributed by atoms with E-state index in [2.05, 4.69) is 9.88 Å². The summed E-state index contributed by atoms with van der Waals surface area (Å²) in [4.78, 5) is 16.3. The normalized spacial score (nSPS) is 15.9. The van der Waals surface area contributed by atoms with Gasteiger partial charge < -0.3 is 4.90 Å². The van der Waals surface area contributed by atoms with Crippen molar-refractivity contribution in [3.8, 4) is 0 Å². The number of aromatic nitrogens is 1. The summed E-state index contributed by atoms with van der Waals surface area (Å²) in [5.41, 5.74) is 0.807. The van der Waals surface area contributed by atoms with Crippen LogP contribution in [0.2, 0.25) is 0 Å². The lowest BCUT2D eigenvalue weighted by atomic mass is 10.2. The van der Waals surface area contributed by atoms with E-state index in [-0.39, 0.29) is 0 Å². The summed E-state index contributed by atoms with van der Waals surface area (Å²) in [6, 6.07) is 3.64. The number of hydrogen-bond donors (Lipinski definition) is 0. The summed E-state index contributed by atoms with van der Waals surface area (Å²) in [7, 11) is 0. The summed E-state index contributed by atoms with van der Waals surface area (Å²) in [5.74, 6) is 0.845. The molecule has 0 N–H and O–H groups in total. The van der Waals surface area contributed by atoms with Gasteiger partial charge in [0.2, 0.25) is 6.20 Å². The van der Waals surface area contributed by atoms with Crippen molar-refractivity contribution in [1.82, 2.24) is 4.98 Å². The molecule has 5 nitrogen and oxygen atoms in total. The van der Waals surface area contributed by atoms with Gasteiger partial charge in [0.15, 0.2) is 0 Å². The van der Waals surface area contributed by atoms with E-state index in [1.165, 1.54) is 6.08 Å². The molecule has 1 aliphatic heterocycles. The molecule has 0 aliphatic carbocycles. The molecule has 1 aromatic heterocycles. The van der Waals surface area contributed by atoms with Crippen LogP contribution in [0.25, 0.3) is 6.08 Å². The third-order valence-corrected chi connectivity index (χ3v) is 2.60. The Hall–Kier alpha value is -1.91. The highest BCUT2D eigenvalue weighted by molar-refractivity contribution is 5.63. The third-order valence-electron chi connectivity index (χ3n) is 2.60. The number of hydrogen-bond acceptors (Lipinski definition) is 4. The highest BCUT2D eigenvalue weighted by Gasteiger charge is 2.15. The minimum absolute atomic E-state index is 0.458. The zero-order valence-corrected chi connectivity index (χ0v) is 8.87. The second-order valence-electron chi connectivity index (χ2n) is 3.71. The van der Waals surface area contributed by atoms with Gasteiger partial charge in [-0.3, -0.25) is 10.1 Å². The molecule has 1 aliphatic rings. The molecule has 0 amide bonds. The van der Waals surface area contributed by atoms with Crippen LogP contribution in [-0.2, 0) is 0 Å². The fraction of sp³-hybridized carbons (Fsp3) is 0.364. The van der Waals surface area contributed by atoms with Crippen molar-refractivity contribution < 1.29 is 4.92 Å². The zero-order valence-electron chi connectivity index (χ0n) is 8.87. The molecule has 0 spiro atoms. The second-order valence-corrected chi connectivity index (χ2v) is 3.71. The third kappa shape index (κ3) is 2.36. The van der Waals surface area contributed by atoms with Crippen LogP contribution >= 0.6 is 0 Å². The Bertz CT molecular complexity index is 411. The molecule has 0 radical (unpaired) electrons. The summed E-state index contributed by atoms with van der Waals surface area (Å²) in [5, 5.41) is 10.3. The van der Waals surface area contributed by atoms with Crippen molar-refractivity contribution in [3.63, 3.8) is 0 Å². The molecule has 0 bridgehead atoms. The van der Waals surface area contributed by atoms with Gasteiger partial charge in [0.25, 0.3) is 0 Å². The van der Waals surface area contributed by atoms with Gasteiger partial charge in [-0.15, -0.1) is 0 Å². The van der Waals surface area contributed by atoms with E-state index in [0.29, 0.717) is 0 Å². The van der Waals surface area contributed by atoms with Crippen molar-refractivity contribution in [2.24, 2.45) is 0 Å². The van der Waals surface area contributed by atoms with Crippen molar-refractivity contribution in [2.45, 2.75) is 12.8 Å². The predicted octanol–water partition coefficient (Wildman–Crippen LogP) is 1.93. The van der Waals surface area contributed by atoms with Gasteiger partial charge in [0.1, 0.15) is 5.82 Å². The standard InChI is InChI=1S/C11H13N3O2/c15-14(16)9-5-10-4-3-6-12-11(10)13-7-1-2-8-13/h3-6,9H,1-2,7-8H2/b9-5+. The zero-order chi connectivity index (χ0) is 11.4. The lowest BCUT2D eigenvalue weighted by Crippen LogP contribution is -2.19. The molecule has 2 rings (SSSR count). The first-order valence-electron chi connectivity index (χ1n) is 5.29. The van der Waals surface area contributed by atoms with Gasteiger partial charge >= 0.3 is 0 Å². The van der Waals surface area contributed by atoms with Crippen molar-refractivity contribution >= 4 is 11.9 Å². The topological polar surface area (TPSA) is 59.3 Å². The van der Waals surface area contributed by atoms with Crippen LogP contribution in [0, 0.1) is 10.1 Å². The second kappa shape index (κ2) is 4.74. The number of anilines is 1. The van der Waals surface area contributed by atoms with E-state index in [4.69, 9.17) is 0 Å². The van der Waals surface area contributed by atoms with Gasteiger partial charge in [-0.1, -0.05) is 0 Å². The van der Waals surface area contributed by atoms with Crippen LogP contribution in [0.4, 0.5) is 5.82 Å². The Balaban J connectivity index is 2.26. The Kier molecular flexibility index (Phi) is 3.14. The Morgan fingerprint density at radius 3 is 2.88 bits per heavy atom. The summed E-state index contributed by atoms with van der Waals surface area (Å²) >= 11 is 0. The number of rotatable bonds is 3. The van der Waals surface area contributed by atoms with E-state index in [1.54, 1.807) is 12.3 Å². The summed E-state index contributed by atoms with van der Waals surface area (Å²) in [6.45, 7) is 1.96. The number of nitro groups is 1. The smallest absolute Gasteiger partial charge is 0.235 e. The molecule has 84 valence electrons. The van der Waals surface area contributed by atoms with E-state index in [9.17, 15) is 10.1 Å². The largest absolute Gasteiger partial charge is 0.356 e. The fourth-order valence-corrected chi connectivity index (χ4v) is 1.87. The molecule has 2 heterocycles. The van der Waals surface area contributed by atoms with Crippen LogP contribution < -0.4 is 4.90 Å². The van der Waals surface area contributed by atoms with Crippen molar-refractivity contribution in [1.29, 1.82) is 0 Å². The molecule has 0 unspecified atom stereocenters. The quantitative estimate of drug-likeness (QED) is 0.575. The molecule has 0 atom stereocenters. The van der Waals surface area contributed by atoms with Crippen molar-refractivity contribution in [3.05, 3.63) is 40.2 Å². The minimum Gasteiger partial charge on any atom is -0.356 e. The summed E-state index contributed by atoms with van der Waals surface area (Å²) < 4.78 is 0. The van der Waals surface area contributed by atoms with Gasteiger partial charge in [0, 0.05) is 30.9 Å². The monoisotopic (exact) mass is 219 g/mol. The Labute approximate surface area is 93.6 Å². The van der Waals surface area contributed by atoms with Gasteiger partial charge in [-0.2, -0.15) is 0 Å². The number of pyridine rings is 1. The van der Waals surface area contributed by atoms with Crippen LogP contribution in [-0.4, -0.2) is 23.0 Å². The molecule has 16 heavy (non-hydrogen) atoms. The molecule has 5 heteroatoms. The molecular formula is C11H13N3O2. The minimum atomic E-state index is -0.458. The maximum Gasteiger partial charge on any atom is 0.235 e. The first-order valence-corrected chi connectivity index (χ1v) is 5.29. The Morgan fingerprint density at radius 2 is 2.19 bits per heavy atom. The van der Waals surface area contributed by atoms with Crippen molar-refractivity contribution in [2.75, 3.05) is 18.0 Å². The fourth-order valence-electron chi connectivity index (χ4n) is 1.87. The van der Waals surface area contributed by atoms with Crippen LogP contribution in [0.5, 0.6) is 0 Å². The van der Waals surface area contributed by atoms with Gasteiger partial charge in [0.05, 0.1) is 4.92 Å². The SMILES string of the molecule is O=[N+]([O-])/C=C/c1cccnc1N1CCCC1. The molecule has 1 fully saturated rings. The maximum absolute atomic E-state index is 10.3. The van der Waals surface area contributed by atoms with Crippen LogP contribution in [0.1, 0.15) is 18.4 Å². The average Bonchev–Trinajstić information content (AvgIpc) is 2.80. The van der Waals surface area contributed by atoms with E-state index < -0.39 is 4.92 Å². The maximum atomic E-state index is 10.3. The summed E-state index contributed by atoms with van der Waals surface area (Å²) in [6.07, 6.45) is 6.50. The van der Waals surface area contributed by atoms with E-state index in [1.807, 2.05) is 6.07 Å². The first-order chi connectivity index (χ1) is 7.77. The molecular weight excluding hydrogens is 206 g/mol. The van der Waals surface area contributed by atoms with E-state index in [0.717, 1.165) is 43.5 Å². The highest BCUT2D eigenvalue weighted by atomic mass is 16.6.